The van der Waals surface area contributed by atoms with Gasteiger partial charge in [0.1, 0.15) is 24.1 Å². The van der Waals surface area contributed by atoms with Crippen molar-refractivity contribution in [2.75, 3.05) is 13.7 Å². The zero-order valence-electron chi connectivity index (χ0n) is 23.1. The van der Waals surface area contributed by atoms with Crippen molar-refractivity contribution in [3.05, 3.63) is 46.1 Å². The predicted molar refractivity (Wildman–Crippen MR) is 143 cm³/mol. The molecule has 3 heterocycles. The van der Waals surface area contributed by atoms with E-state index in [1.165, 1.54) is 13.4 Å². The quantitative estimate of drug-likeness (QED) is 0.222. The molecule has 0 amide bonds. The second-order valence-electron chi connectivity index (χ2n) is 11.7. The van der Waals surface area contributed by atoms with Crippen LogP contribution >= 0.6 is 0 Å². The van der Waals surface area contributed by atoms with Crippen molar-refractivity contribution in [1.82, 2.24) is 4.98 Å². The van der Waals surface area contributed by atoms with Crippen LogP contribution in [0.4, 0.5) is 0 Å². The van der Waals surface area contributed by atoms with Gasteiger partial charge in [0.25, 0.3) is 0 Å². The molecule has 2 aliphatic heterocycles. The molecule has 0 aromatic carbocycles. The van der Waals surface area contributed by atoms with E-state index < -0.39 is 66.2 Å². The summed E-state index contributed by atoms with van der Waals surface area (Å²) in [6.45, 7) is 1.52. The molecule has 41 heavy (non-hydrogen) atoms. The third kappa shape index (κ3) is 4.20. The molecule has 9 unspecified atom stereocenters. The Bertz CT molecular complexity index is 1410. The highest BCUT2D eigenvalue weighted by molar-refractivity contribution is 5.90. The number of esters is 1. The third-order valence-corrected chi connectivity index (χ3v) is 9.63. The van der Waals surface area contributed by atoms with Crippen LogP contribution in [0.25, 0.3) is 11.8 Å². The lowest BCUT2D eigenvalue weighted by Gasteiger charge is -2.60. The first-order valence-corrected chi connectivity index (χ1v) is 14.3. The fourth-order valence-corrected chi connectivity index (χ4v) is 7.59. The number of nitrogens with one attached hydrogen (secondary N) is 1. The number of methoxy groups -OCH3 is 1. The van der Waals surface area contributed by atoms with E-state index in [-0.39, 0.29) is 18.8 Å². The Balaban J connectivity index is 1.38. The van der Waals surface area contributed by atoms with E-state index >= 15 is 0 Å². The van der Waals surface area contributed by atoms with Crippen LogP contribution in [-0.2, 0) is 35.0 Å². The molecule has 2 fully saturated rings. The Labute approximate surface area is 236 Å². The molecule has 1 saturated carbocycles. The van der Waals surface area contributed by atoms with Crippen molar-refractivity contribution >= 4 is 23.8 Å². The third-order valence-electron chi connectivity index (χ3n) is 9.63. The number of aryl methyl sites for hydroxylation is 1. The first kappa shape index (κ1) is 28.2. The maximum Gasteiger partial charge on any atom is 0.333 e. The zero-order chi connectivity index (χ0) is 29.1. The molecule has 1 saturated heterocycles. The second kappa shape index (κ2) is 10.4. The van der Waals surface area contributed by atoms with Gasteiger partial charge in [-0.25, -0.2) is 4.79 Å². The minimum Gasteiger partial charge on any atom is -0.483 e. The van der Waals surface area contributed by atoms with Gasteiger partial charge in [0.2, 0.25) is 0 Å². The van der Waals surface area contributed by atoms with Gasteiger partial charge in [-0.05, 0) is 43.7 Å². The monoisotopic (exact) mass is 571 g/mol. The number of allylic oxidation sites excluding steroid dienone is 1. The highest BCUT2D eigenvalue weighted by atomic mass is 16.7. The van der Waals surface area contributed by atoms with Crippen LogP contribution < -0.4 is 10.6 Å². The summed E-state index contributed by atoms with van der Waals surface area (Å²) in [5.74, 6) is -3.20. The average molecular weight is 572 g/mol. The first-order chi connectivity index (χ1) is 19.7. The number of carbonyl (C=O) groups excluding carboxylic acids is 1. The summed E-state index contributed by atoms with van der Waals surface area (Å²) in [7, 11) is 1.26. The van der Waals surface area contributed by atoms with E-state index in [2.05, 4.69) is 4.98 Å². The van der Waals surface area contributed by atoms with Gasteiger partial charge in [-0.3, -0.25) is 4.79 Å². The van der Waals surface area contributed by atoms with Crippen molar-refractivity contribution in [2.45, 2.75) is 81.3 Å². The number of aliphatic hydroxyl groups is 3. The van der Waals surface area contributed by atoms with Crippen molar-refractivity contribution in [2.24, 2.45) is 17.8 Å². The van der Waals surface area contributed by atoms with Gasteiger partial charge >= 0.3 is 11.9 Å². The molecule has 1 aromatic rings. The van der Waals surface area contributed by atoms with Crippen molar-refractivity contribution in [3.63, 3.8) is 0 Å². The molecule has 11 nitrogen and oxygen atoms in total. The molecule has 1 aromatic heterocycles. The Morgan fingerprint density at radius 3 is 2.80 bits per heavy atom. The van der Waals surface area contributed by atoms with Crippen molar-refractivity contribution in [1.29, 1.82) is 0 Å². The fourth-order valence-electron chi connectivity index (χ4n) is 7.59. The van der Waals surface area contributed by atoms with E-state index in [0.29, 0.717) is 24.8 Å². The van der Waals surface area contributed by atoms with E-state index in [4.69, 9.17) is 18.9 Å². The van der Waals surface area contributed by atoms with Crippen LogP contribution in [0.5, 0.6) is 0 Å². The van der Waals surface area contributed by atoms with Crippen LogP contribution in [0.1, 0.15) is 44.7 Å². The van der Waals surface area contributed by atoms with Gasteiger partial charge in [0.05, 0.1) is 31.6 Å². The molecule has 5 aliphatic rings. The van der Waals surface area contributed by atoms with Crippen LogP contribution in [-0.4, -0.2) is 86.9 Å². The molecule has 5 N–H and O–H groups in total. The maximum atomic E-state index is 12.7. The molecule has 1 spiro atoms. The molecule has 0 radical (unpaired) electrons. The standard InChI is InChI=1S/C30H37NO10/c1-3-16-11-20-21-8-9-29(37)27(36)30(21,39-14-22(20)31-16)23(13-32)40-28(29)41-25-15-6-4-5-7-17(25)18(12-24(33)34)19(10-15)26(35)38-2/h5,7,10-11,14-15,17-18,23,25,27-28,31-32,36-37H,3-4,6,8-9,12-13H2,1-2H3,(H,33,34). The minimum absolute atomic E-state index is 0.114. The minimum atomic E-state index is -1.88. The maximum absolute atomic E-state index is 12.7. The summed E-state index contributed by atoms with van der Waals surface area (Å²) in [4.78, 5) is 27.8. The van der Waals surface area contributed by atoms with E-state index in [1.807, 2.05) is 25.1 Å². The Morgan fingerprint density at radius 1 is 1.29 bits per heavy atom. The van der Waals surface area contributed by atoms with Gasteiger partial charge < -0.3 is 44.4 Å². The molecule has 222 valence electrons. The average Bonchev–Trinajstić information content (AvgIpc) is 3.32. The normalized spacial score (nSPS) is 38.9. The number of aliphatic carboxylic acids is 1. The molecule has 6 rings (SSSR count). The summed E-state index contributed by atoms with van der Waals surface area (Å²) < 4.78 is 24.0. The Morgan fingerprint density at radius 2 is 2.10 bits per heavy atom. The number of carboxylic acids is 1. The van der Waals surface area contributed by atoms with E-state index in [0.717, 1.165) is 28.3 Å². The fraction of sp³-hybridized carbons (Fsp3) is 0.600. The van der Waals surface area contributed by atoms with E-state index in [1.54, 1.807) is 6.08 Å². The second-order valence-corrected chi connectivity index (χ2v) is 11.7. The smallest absolute Gasteiger partial charge is 0.333 e. The molecule has 4 bridgehead atoms. The number of carboxylic acid groups (broad SMARTS) is 1. The summed E-state index contributed by atoms with van der Waals surface area (Å²) in [6.07, 6.45) is 4.76. The summed E-state index contributed by atoms with van der Waals surface area (Å²) in [5, 5.41) is 45.7. The summed E-state index contributed by atoms with van der Waals surface area (Å²) in [6, 6.07) is 2.01. The number of aliphatic hydroxyl groups excluding tert-OH is 2. The molecular weight excluding hydrogens is 534 g/mol. The van der Waals surface area contributed by atoms with Crippen LogP contribution in [0.2, 0.25) is 0 Å². The first-order valence-electron chi connectivity index (χ1n) is 14.3. The number of aromatic amines is 1. The molecular formula is C30H37NO10. The number of fused-ring (bicyclic) bond motifs is 4. The van der Waals surface area contributed by atoms with Gasteiger partial charge in [0, 0.05) is 34.2 Å². The number of ether oxygens (including phenoxy) is 4. The molecule has 9 atom stereocenters. The van der Waals surface area contributed by atoms with Gasteiger partial charge in [-0.15, -0.1) is 0 Å². The number of carbonyl (C=O) groups is 2. The van der Waals surface area contributed by atoms with Gasteiger partial charge in [-0.1, -0.05) is 25.2 Å². The number of rotatable bonds is 7. The van der Waals surface area contributed by atoms with Gasteiger partial charge in [-0.2, -0.15) is 0 Å². The number of H-pyrrole nitrogens is 1. The van der Waals surface area contributed by atoms with Crippen molar-refractivity contribution in [3.8, 4) is 0 Å². The lowest BCUT2D eigenvalue weighted by atomic mass is 9.63. The van der Waals surface area contributed by atoms with Crippen LogP contribution in [0.3, 0.4) is 0 Å². The number of hydrogen-bond donors (Lipinski definition) is 5. The van der Waals surface area contributed by atoms with Crippen molar-refractivity contribution < 1.29 is 49.0 Å². The zero-order valence-corrected chi connectivity index (χ0v) is 23.1. The number of aromatic nitrogens is 1. The van der Waals surface area contributed by atoms with Gasteiger partial charge in [0.15, 0.2) is 11.9 Å². The van der Waals surface area contributed by atoms with Crippen LogP contribution in [0.15, 0.2) is 29.9 Å². The largest absolute Gasteiger partial charge is 0.483 e. The van der Waals surface area contributed by atoms with Crippen LogP contribution in [0, 0.1) is 17.8 Å². The lowest BCUT2D eigenvalue weighted by molar-refractivity contribution is -0.374. The highest BCUT2D eigenvalue weighted by Gasteiger charge is 2.69. The molecule has 11 heteroatoms. The topological polar surface area (TPSA) is 168 Å². The Kier molecular flexibility index (Phi) is 7.14. The number of hydrogen-bond acceptors (Lipinski definition) is 9. The molecule has 3 aliphatic carbocycles. The van der Waals surface area contributed by atoms with E-state index in [9.17, 15) is 30.0 Å². The SMILES string of the molecule is CCc1cc2c([nH]1)=COC13C=2CCC(O)(C(OC2C4C=C(C(=O)OC)C(CC(=O)O)C2C=CCC4)OC1CO)C3O. The lowest BCUT2D eigenvalue weighted by Crippen LogP contribution is -2.77. The highest BCUT2D eigenvalue weighted by Crippen LogP contribution is 2.53. The summed E-state index contributed by atoms with van der Waals surface area (Å²) in [5.41, 5.74) is -1.35. The Hall–Kier alpha value is -2.96. The summed E-state index contributed by atoms with van der Waals surface area (Å²) >= 11 is 0. The predicted octanol–water partition coefficient (Wildman–Crippen LogP) is 0.00930.